The first-order chi connectivity index (χ1) is 14.5. The van der Waals surface area contributed by atoms with Gasteiger partial charge in [0.1, 0.15) is 0 Å². The van der Waals surface area contributed by atoms with Gasteiger partial charge in [-0.2, -0.15) is 0 Å². The van der Waals surface area contributed by atoms with E-state index in [4.69, 9.17) is 0 Å². The summed E-state index contributed by atoms with van der Waals surface area (Å²) in [5.74, 6) is 0.107. The standard InChI is InChI=1S/C23H34N4O3/c1-16-20(8-5-11-24-16)23(30)26-12-9-18(10-13-26)27-15-19(28)14-21(27)22(29)25-17-6-3-2-4-7-17/h5,8,11,17-19,21,28H,2-4,6-7,9-10,12-15H2,1H3,(H,25,29)/t19-,21+/m1/s1. The lowest BCUT2D eigenvalue weighted by Crippen LogP contribution is -2.53. The maximum absolute atomic E-state index is 13.0. The molecule has 164 valence electrons. The number of aliphatic hydroxyl groups excluding tert-OH is 1. The molecule has 2 amide bonds. The third-order valence-corrected chi connectivity index (χ3v) is 7.03. The molecule has 2 saturated heterocycles. The van der Waals surface area contributed by atoms with Gasteiger partial charge in [-0.3, -0.25) is 19.5 Å². The van der Waals surface area contributed by atoms with Crippen molar-refractivity contribution in [3.8, 4) is 0 Å². The lowest BCUT2D eigenvalue weighted by molar-refractivity contribution is -0.127. The molecule has 0 aromatic carbocycles. The van der Waals surface area contributed by atoms with Gasteiger partial charge in [-0.1, -0.05) is 19.3 Å². The number of amides is 2. The minimum absolute atomic E-state index is 0.0344. The molecule has 3 aliphatic rings. The van der Waals surface area contributed by atoms with Crippen molar-refractivity contribution in [2.45, 2.75) is 82.5 Å². The minimum atomic E-state index is -0.454. The van der Waals surface area contributed by atoms with Crippen molar-refractivity contribution in [3.63, 3.8) is 0 Å². The number of carbonyl (C=O) groups excluding carboxylic acids is 2. The van der Waals surface area contributed by atoms with Gasteiger partial charge in [-0.05, 0) is 51.2 Å². The fraction of sp³-hybridized carbons (Fsp3) is 0.696. The molecule has 0 spiro atoms. The van der Waals surface area contributed by atoms with Crippen LogP contribution >= 0.6 is 0 Å². The van der Waals surface area contributed by atoms with Gasteiger partial charge in [0, 0.05) is 43.6 Å². The highest BCUT2D eigenvalue weighted by Gasteiger charge is 2.41. The zero-order valence-corrected chi connectivity index (χ0v) is 17.9. The van der Waals surface area contributed by atoms with Crippen LogP contribution in [-0.4, -0.2) is 75.6 Å². The Hall–Kier alpha value is -1.99. The number of nitrogens with one attached hydrogen (secondary N) is 1. The molecule has 2 atom stereocenters. The number of hydrogen-bond donors (Lipinski definition) is 2. The molecule has 7 nitrogen and oxygen atoms in total. The van der Waals surface area contributed by atoms with E-state index >= 15 is 0 Å². The SMILES string of the molecule is Cc1ncccc1C(=O)N1CCC(N2C[C@H](O)C[C@H]2C(=O)NC2CCCCC2)CC1. The second kappa shape index (κ2) is 9.43. The lowest BCUT2D eigenvalue weighted by atomic mass is 9.95. The van der Waals surface area contributed by atoms with Crippen molar-refractivity contribution in [2.24, 2.45) is 0 Å². The Morgan fingerprint density at radius 2 is 1.87 bits per heavy atom. The summed E-state index contributed by atoms with van der Waals surface area (Å²) >= 11 is 0. The van der Waals surface area contributed by atoms with Crippen LogP contribution in [0.5, 0.6) is 0 Å². The number of pyridine rings is 1. The van der Waals surface area contributed by atoms with Crippen molar-refractivity contribution >= 4 is 11.8 Å². The van der Waals surface area contributed by atoms with E-state index in [9.17, 15) is 14.7 Å². The molecule has 0 radical (unpaired) electrons. The third-order valence-electron chi connectivity index (χ3n) is 7.03. The molecule has 1 aromatic heterocycles. The Balaban J connectivity index is 1.35. The molecule has 2 aliphatic heterocycles. The number of aromatic nitrogens is 1. The average molecular weight is 415 g/mol. The van der Waals surface area contributed by atoms with Gasteiger partial charge < -0.3 is 15.3 Å². The van der Waals surface area contributed by atoms with Crippen molar-refractivity contribution < 1.29 is 14.7 Å². The monoisotopic (exact) mass is 414 g/mol. The summed E-state index contributed by atoms with van der Waals surface area (Å²) in [4.78, 5) is 34.2. The number of hydrogen-bond acceptors (Lipinski definition) is 5. The van der Waals surface area contributed by atoms with E-state index in [1.807, 2.05) is 17.9 Å². The van der Waals surface area contributed by atoms with Crippen molar-refractivity contribution in [1.82, 2.24) is 20.1 Å². The first kappa shape index (κ1) is 21.2. The predicted octanol–water partition coefficient (Wildman–Crippen LogP) is 1.88. The molecular formula is C23H34N4O3. The van der Waals surface area contributed by atoms with Crippen LogP contribution in [0.15, 0.2) is 18.3 Å². The molecule has 2 N–H and O–H groups in total. The summed E-state index contributed by atoms with van der Waals surface area (Å²) in [5, 5.41) is 13.5. The van der Waals surface area contributed by atoms with E-state index in [0.717, 1.165) is 31.4 Å². The molecule has 3 heterocycles. The van der Waals surface area contributed by atoms with Crippen LogP contribution in [-0.2, 0) is 4.79 Å². The Labute approximate surface area is 178 Å². The summed E-state index contributed by atoms with van der Waals surface area (Å²) in [6.45, 7) is 3.74. The maximum Gasteiger partial charge on any atom is 0.255 e. The van der Waals surface area contributed by atoms with E-state index in [2.05, 4.69) is 15.2 Å². The van der Waals surface area contributed by atoms with E-state index < -0.39 is 6.10 Å². The Morgan fingerprint density at radius 1 is 1.13 bits per heavy atom. The quantitative estimate of drug-likeness (QED) is 0.786. The van der Waals surface area contributed by atoms with Gasteiger partial charge in [0.25, 0.3) is 5.91 Å². The molecule has 1 aliphatic carbocycles. The third kappa shape index (κ3) is 4.67. The molecular weight excluding hydrogens is 380 g/mol. The summed E-state index contributed by atoms with van der Waals surface area (Å²) in [7, 11) is 0. The second-order valence-electron chi connectivity index (χ2n) is 9.11. The van der Waals surface area contributed by atoms with Gasteiger partial charge in [0.2, 0.25) is 5.91 Å². The molecule has 30 heavy (non-hydrogen) atoms. The Morgan fingerprint density at radius 3 is 2.57 bits per heavy atom. The highest BCUT2D eigenvalue weighted by molar-refractivity contribution is 5.95. The molecule has 1 aromatic rings. The molecule has 0 unspecified atom stereocenters. The van der Waals surface area contributed by atoms with Gasteiger partial charge in [0.05, 0.1) is 17.7 Å². The first-order valence-corrected chi connectivity index (χ1v) is 11.5. The number of aliphatic hydroxyl groups is 1. The van der Waals surface area contributed by atoms with Gasteiger partial charge in [-0.25, -0.2) is 0 Å². The summed E-state index contributed by atoms with van der Waals surface area (Å²) in [5.41, 5.74) is 1.42. The number of likely N-dealkylation sites (tertiary alicyclic amines) is 2. The van der Waals surface area contributed by atoms with Gasteiger partial charge in [-0.15, -0.1) is 0 Å². The number of rotatable bonds is 4. The second-order valence-corrected chi connectivity index (χ2v) is 9.11. The topological polar surface area (TPSA) is 85.8 Å². The van der Waals surface area contributed by atoms with Crippen molar-refractivity contribution in [1.29, 1.82) is 0 Å². The number of nitrogens with zero attached hydrogens (tertiary/aromatic N) is 3. The van der Waals surface area contributed by atoms with E-state index in [1.54, 1.807) is 12.3 Å². The minimum Gasteiger partial charge on any atom is -0.392 e. The number of aryl methyl sites for hydroxylation is 1. The lowest BCUT2D eigenvalue weighted by Gasteiger charge is -2.39. The molecule has 7 heteroatoms. The fourth-order valence-electron chi connectivity index (χ4n) is 5.32. The summed E-state index contributed by atoms with van der Waals surface area (Å²) < 4.78 is 0. The highest BCUT2D eigenvalue weighted by atomic mass is 16.3. The van der Waals surface area contributed by atoms with Crippen molar-refractivity contribution in [3.05, 3.63) is 29.6 Å². The van der Waals surface area contributed by atoms with E-state index in [0.29, 0.717) is 31.6 Å². The first-order valence-electron chi connectivity index (χ1n) is 11.5. The predicted molar refractivity (Wildman–Crippen MR) is 114 cm³/mol. The van der Waals surface area contributed by atoms with Crippen LogP contribution in [0.1, 0.15) is 67.4 Å². The van der Waals surface area contributed by atoms with E-state index in [1.165, 1.54) is 19.3 Å². The summed E-state index contributed by atoms with van der Waals surface area (Å²) in [6, 6.07) is 3.89. The fourth-order valence-corrected chi connectivity index (χ4v) is 5.32. The van der Waals surface area contributed by atoms with Crippen molar-refractivity contribution in [2.75, 3.05) is 19.6 Å². The van der Waals surface area contributed by atoms with Crippen LogP contribution in [0.3, 0.4) is 0 Å². The van der Waals surface area contributed by atoms with Crippen LogP contribution in [0, 0.1) is 6.92 Å². The Bertz CT molecular complexity index is 757. The Kier molecular flexibility index (Phi) is 6.68. The van der Waals surface area contributed by atoms with Crippen LogP contribution in [0.25, 0.3) is 0 Å². The van der Waals surface area contributed by atoms with Gasteiger partial charge in [0.15, 0.2) is 0 Å². The largest absolute Gasteiger partial charge is 0.392 e. The summed E-state index contributed by atoms with van der Waals surface area (Å²) in [6.07, 6.45) is 9.17. The smallest absolute Gasteiger partial charge is 0.255 e. The zero-order valence-electron chi connectivity index (χ0n) is 17.9. The van der Waals surface area contributed by atoms with Crippen LogP contribution in [0.4, 0.5) is 0 Å². The van der Waals surface area contributed by atoms with Gasteiger partial charge >= 0.3 is 0 Å². The number of carbonyl (C=O) groups is 2. The van der Waals surface area contributed by atoms with Crippen LogP contribution in [0.2, 0.25) is 0 Å². The number of piperidine rings is 1. The molecule has 3 fully saturated rings. The molecule has 1 saturated carbocycles. The maximum atomic E-state index is 13.0. The highest BCUT2D eigenvalue weighted by Crippen LogP contribution is 2.28. The normalized spacial score (nSPS) is 26.7. The zero-order chi connectivity index (χ0) is 21.1. The average Bonchev–Trinajstić information content (AvgIpc) is 3.16. The van der Waals surface area contributed by atoms with Crippen LogP contribution < -0.4 is 5.32 Å². The molecule has 4 rings (SSSR count). The van der Waals surface area contributed by atoms with E-state index in [-0.39, 0.29) is 29.9 Å². The molecule has 0 bridgehead atoms. The number of β-amino-alcohol motifs (C(OH)–C–C–N with tert-alkyl or cyclic N) is 1.